The first-order chi connectivity index (χ1) is 8.99. The Morgan fingerprint density at radius 2 is 1.74 bits per heavy atom. The molecule has 2 atom stereocenters. The molecule has 104 valence electrons. The van der Waals surface area contributed by atoms with Crippen LogP contribution in [0.5, 0.6) is 0 Å². The van der Waals surface area contributed by atoms with Crippen LogP contribution in [0.4, 0.5) is 5.69 Å². The van der Waals surface area contributed by atoms with E-state index in [1.54, 1.807) is 13.8 Å². The van der Waals surface area contributed by atoms with E-state index in [1.807, 2.05) is 18.2 Å². The maximum Gasteiger partial charge on any atom is 0.136 e. The molecule has 1 saturated heterocycles. The largest absolute Gasteiger partial charge is 0.389 e. The number of benzene rings is 1. The Bertz CT molecular complexity index is 458. The van der Waals surface area contributed by atoms with Gasteiger partial charge in [-0.3, -0.25) is 4.79 Å². The number of nitrogens with zero attached hydrogens (tertiary/aromatic N) is 1. The van der Waals surface area contributed by atoms with E-state index in [0.717, 1.165) is 16.8 Å². The molecule has 2 rings (SSSR count). The van der Waals surface area contributed by atoms with Crippen LogP contribution < -0.4 is 4.90 Å². The third-order valence-electron chi connectivity index (χ3n) is 3.65. The van der Waals surface area contributed by atoms with Gasteiger partial charge in [0.25, 0.3) is 0 Å². The highest BCUT2D eigenvalue weighted by Gasteiger charge is 2.20. The zero-order valence-electron chi connectivity index (χ0n) is 11.5. The van der Waals surface area contributed by atoms with E-state index in [4.69, 9.17) is 0 Å². The van der Waals surface area contributed by atoms with Crippen LogP contribution in [0.1, 0.15) is 50.0 Å². The van der Waals surface area contributed by atoms with Gasteiger partial charge in [-0.2, -0.15) is 0 Å². The van der Waals surface area contributed by atoms with Gasteiger partial charge in [0.1, 0.15) is 5.78 Å². The summed E-state index contributed by atoms with van der Waals surface area (Å²) in [5, 5.41) is 19.5. The third kappa shape index (κ3) is 3.14. The average molecular weight is 263 g/mol. The predicted octanol–water partition coefficient (Wildman–Crippen LogP) is 1.96. The maximum atomic E-state index is 11.3. The second-order valence-corrected chi connectivity index (χ2v) is 5.20. The summed E-state index contributed by atoms with van der Waals surface area (Å²) < 4.78 is 0. The first-order valence-corrected chi connectivity index (χ1v) is 6.75. The van der Waals surface area contributed by atoms with Crippen molar-refractivity contribution >= 4 is 11.5 Å². The van der Waals surface area contributed by atoms with Crippen LogP contribution in [-0.4, -0.2) is 29.1 Å². The number of carbonyl (C=O) groups is 1. The van der Waals surface area contributed by atoms with Crippen LogP contribution in [0.3, 0.4) is 0 Å². The number of aliphatic hydroxyl groups is 2. The third-order valence-corrected chi connectivity index (χ3v) is 3.65. The fourth-order valence-electron chi connectivity index (χ4n) is 2.45. The Labute approximate surface area is 113 Å². The topological polar surface area (TPSA) is 60.8 Å². The molecule has 2 N–H and O–H groups in total. The number of hydrogen-bond donors (Lipinski definition) is 2. The number of aliphatic hydroxyl groups excluding tert-OH is 2. The van der Waals surface area contributed by atoms with Crippen molar-refractivity contribution in [1.29, 1.82) is 0 Å². The standard InChI is InChI=1S/C15H21NO3/c1-10(17)12-3-4-15(14(9-12)11(2)18)16-7-5-13(19)6-8-16/h3-4,9-11,17-18H,5-8H2,1-2H3. The summed E-state index contributed by atoms with van der Waals surface area (Å²) >= 11 is 0. The summed E-state index contributed by atoms with van der Waals surface area (Å²) in [6.45, 7) is 4.83. The molecular formula is C15H21NO3. The van der Waals surface area contributed by atoms with Crippen LogP contribution in [0.2, 0.25) is 0 Å². The Morgan fingerprint density at radius 3 is 2.26 bits per heavy atom. The van der Waals surface area contributed by atoms with Crippen LogP contribution in [-0.2, 0) is 4.79 Å². The second kappa shape index (κ2) is 5.72. The minimum Gasteiger partial charge on any atom is -0.389 e. The number of hydrogen-bond acceptors (Lipinski definition) is 4. The lowest BCUT2D eigenvalue weighted by Crippen LogP contribution is -2.34. The van der Waals surface area contributed by atoms with Crippen molar-refractivity contribution in [1.82, 2.24) is 0 Å². The van der Waals surface area contributed by atoms with E-state index in [-0.39, 0.29) is 0 Å². The molecule has 0 spiro atoms. The number of rotatable bonds is 3. The van der Waals surface area contributed by atoms with Gasteiger partial charge in [-0.15, -0.1) is 0 Å². The number of Topliss-reactive ketones (excluding diaryl/α,β-unsaturated/α-hetero) is 1. The van der Waals surface area contributed by atoms with Gasteiger partial charge < -0.3 is 15.1 Å². The molecule has 19 heavy (non-hydrogen) atoms. The first-order valence-electron chi connectivity index (χ1n) is 6.75. The van der Waals surface area contributed by atoms with Crippen molar-refractivity contribution in [3.8, 4) is 0 Å². The van der Waals surface area contributed by atoms with Gasteiger partial charge in [-0.1, -0.05) is 6.07 Å². The molecule has 0 aromatic heterocycles. The fraction of sp³-hybridized carbons (Fsp3) is 0.533. The molecule has 0 radical (unpaired) electrons. The van der Waals surface area contributed by atoms with Crippen molar-refractivity contribution in [3.63, 3.8) is 0 Å². The maximum absolute atomic E-state index is 11.3. The smallest absolute Gasteiger partial charge is 0.136 e. The highest BCUT2D eigenvalue weighted by molar-refractivity contribution is 5.81. The average Bonchev–Trinajstić information content (AvgIpc) is 2.38. The first kappa shape index (κ1) is 14.0. The zero-order chi connectivity index (χ0) is 14.0. The van der Waals surface area contributed by atoms with Gasteiger partial charge in [0, 0.05) is 37.2 Å². The molecule has 1 aliphatic heterocycles. The number of carbonyl (C=O) groups excluding carboxylic acids is 1. The summed E-state index contributed by atoms with van der Waals surface area (Å²) in [5.74, 6) is 0.301. The fourth-order valence-corrected chi connectivity index (χ4v) is 2.45. The SMILES string of the molecule is CC(O)c1ccc(N2CCC(=O)CC2)c(C(C)O)c1. The van der Waals surface area contributed by atoms with Crippen LogP contribution in [0, 0.1) is 0 Å². The Balaban J connectivity index is 2.31. The van der Waals surface area contributed by atoms with Gasteiger partial charge in [0.15, 0.2) is 0 Å². The van der Waals surface area contributed by atoms with Crippen molar-refractivity contribution in [3.05, 3.63) is 29.3 Å². The summed E-state index contributed by atoms with van der Waals surface area (Å²) in [5.41, 5.74) is 2.58. The second-order valence-electron chi connectivity index (χ2n) is 5.20. The van der Waals surface area contributed by atoms with Gasteiger partial charge in [-0.05, 0) is 31.5 Å². The number of piperidine rings is 1. The minimum absolute atomic E-state index is 0.301. The van der Waals surface area contributed by atoms with Crippen LogP contribution >= 0.6 is 0 Å². The number of ketones is 1. The molecule has 4 nitrogen and oxygen atoms in total. The molecule has 4 heteroatoms. The Kier molecular flexibility index (Phi) is 4.22. The van der Waals surface area contributed by atoms with E-state index in [9.17, 15) is 15.0 Å². The predicted molar refractivity (Wildman–Crippen MR) is 74.2 cm³/mol. The number of anilines is 1. The minimum atomic E-state index is -0.591. The summed E-state index contributed by atoms with van der Waals surface area (Å²) in [6, 6.07) is 5.66. The monoisotopic (exact) mass is 263 g/mol. The molecule has 1 aromatic rings. The van der Waals surface area contributed by atoms with Gasteiger partial charge in [-0.25, -0.2) is 0 Å². The molecule has 1 aliphatic rings. The molecule has 1 aromatic carbocycles. The van der Waals surface area contributed by atoms with Crippen LogP contribution in [0.25, 0.3) is 0 Å². The molecule has 1 fully saturated rings. The quantitative estimate of drug-likeness (QED) is 0.875. The van der Waals surface area contributed by atoms with Gasteiger partial charge in [0.05, 0.1) is 12.2 Å². The normalized spacial score (nSPS) is 19.4. The van der Waals surface area contributed by atoms with Crippen molar-refractivity contribution in [2.24, 2.45) is 0 Å². The van der Waals surface area contributed by atoms with Crippen molar-refractivity contribution in [2.45, 2.75) is 38.9 Å². The van der Waals surface area contributed by atoms with Crippen molar-refractivity contribution < 1.29 is 15.0 Å². The summed E-state index contributed by atoms with van der Waals surface area (Å²) in [4.78, 5) is 13.4. The lowest BCUT2D eigenvalue weighted by atomic mass is 9.99. The molecule has 0 bridgehead atoms. The highest BCUT2D eigenvalue weighted by atomic mass is 16.3. The van der Waals surface area contributed by atoms with Crippen LogP contribution in [0.15, 0.2) is 18.2 Å². The van der Waals surface area contributed by atoms with E-state index in [2.05, 4.69) is 4.90 Å². The zero-order valence-corrected chi connectivity index (χ0v) is 11.5. The van der Waals surface area contributed by atoms with Gasteiger partial charge >= 0.3 is 0 Å². The van der Waals surface area contributed by atoms with E-state index in [0.29, 0.717) is 31.7 Å². The lowest BCUT2D eigenvalue weighted by Gasteiger charge is -2.31. The molecule has 0 amide bonds. The molecular weight excluding hydrogens is 242 g/mol. The molecule has 0 aliphatic carbocycles. The van der Waals surface area contributed by atoms with E-state index in [1.165, 1.54) is 0 Å². The highest BCUT2D eigenvalue weighted by Crippen LogP contribution is 2.30. The molecule has 0 saturated carbocycles. The molecule has 2 unspecified atom stereocenters. The van der Waals surface area contributed by atoms with E-state index < -0.39 is 12.2 Å². The summed E-state index contributed by atoms with van der Waals surface area (Å²) in [7, 11) is 0. The van der Waals surface area contributed by atoms with Gasteiger partial charge in [0.2, 0.25) is 0 Å². The van der Waals surface area contributed by atoms with E-state index >= 15 is 0 Å². The Hall–Kier alpha value is -1.39. The Morgan fingerprint density at radius 1 is 1.11 bits per heavy atom. The lowest BCUT2D eigenvalue weighted by molar-refractivity contribution is -0.119. The summed E-state index contributed by atoms with van der Waals surface area (Å²) in [6.07, 6.45) is -0.00440. The molecule has 1 heterocycles. The van der Waals surface area contributed by atoms with Crippen molar-refractivity contribution in [2.75, 3.05) is 18.0 Å².